The molecule has 1 heterocycles. The van der Waals surface area contributed by atoms with Crippen LogP contribution in [0.3, 0.4) is 0 Å². The SMILES string of the molecule is O=C(NC(CS)Cc1ccccc1)N1C=CC=CC1. The molecule has 2 amide bonds. The third kappa shape index (κ3) is 4.17. The van der Waals surface area contributed by atoms with Crippen LogP contribution in [0.25, 0.3) is 0 Å². The van der Waals surface area contributed by atoms with Crippen LogP contribution in [0.1, 0.15) is 5.56 Å². The minimum atomic E-state index is -0.0735. The van der Waals surface area contributed by atoms with E-state index in [-0.39, 0.29) is 12.1 Å². The van der Waals surface area contributed by atoms with Crippen LogP contribution in [0.4, 0.5) is 4.79 Å². The molecule has 1 aromatic carbocycles. The molecule has 0 spiro atoms. The fraction of sp³-hybridized carbons (Fsp3) is 0.267. The average molecular weight is 274 g/mol. The number of carbonyl (C=O) groups excluding carboxylic acids is 1. The van der Waals surface area contributed by atoms with E-state index in [1.54, 1.807) is 11.1 Å². The fourth-order valence-electron chi connectivity index (χ4n) is 1.94. The molecule has 1 aliphatic rings. The number of amides is 2. The smallest absolute Gasteiger partial charge is 0.321 e. The Morgan fingerprint density at radius 1 is 1.32 bits per heavy atom. The summed E-state index contributed by atoms with van der Waals surface area (Å²) in [6, 6.07) is 10.1. The number of hydrogen-bond donors (Lipinski definition) is 2. The van der Waals surface area contributed by atoms with Crippen LogP contribution in [0.5, 0.6) is 0 Å². The molecule has 0 radical (unpaired) electrons. The van der Waals surface area contributed by atoms with Crippen molar-refractivity contribution < 1.29 is 4.79 Å². The molecule has 1 unspecified atom stereocenters. The van der Waals surface area contributed by atoms with Gasteiger partial charge in [-0.25, -0.2) is 4.79 Å². The van der Waals surface area contributed by atoms with Gasteiger partial charge in [-0.3, -0.25) is 4.90 Å². The summed E-state index contributed by atoms with van der Waals surface area (Å²) in [5.41, 5.74) is 1.20. The summed E-state index contributed by atoms with van der Waals surface area (Å²) >= 11 is 4.32. The van der Waals surface area contributed by atoms with Crippen molar-refractivity contribution in [3.05, 3.63) is 60.3 Å². The molecule has 1 atom stereocenters. The molecule has 0 aromatic heterocycles. The van der Waals surface area contributed by atoms with Gasteiger partial charge in [0.2, 0.25) is 0 Å². The molecule has 0 aliphatic carbocycles. The van der Waals surface area contributed by atoms with Gasteiger partial charge in [-0.2, -0.15) is 12.6 Å². The summed E-state index contributed by atoms with van der Waals surface area (Å²) in [7, 11) is 0. The second kappa shape index (κ2) is 7.04. The Balaban J connectivity index is 1.90. The van der Waals surface area contributed by atoms with E-state index in [0.717, 1.165) is 6.42 Å². The summed E-state index contributed by atoms with van der Waals surface area (Å²) in [5.74, 6) is 0.619. The van der Waals surface area contributed by atoms with Crippen LogP contribution in [0.15, 0.2) is 54.8 Å². The van der Waals surface area contributed by atoms with Gasteiger partial charge in [-0.1, -0.05) is 42.5 Å². The van der Waals surface area contributed by atoms with Crippen LogP contribution in [0.2, 0.25) is 0 Å². The van der Waals surface area contributed by atoms with Crippen molar-refractivity contribution in [2.24, 2.45) is 0 Å². The molecule has 3 nitrogen and oxygen atoms in total. The van der Waals surface area contributed by atoms with Crippen molar-refractivity contribution in [3.63, 3.8) is 0 Å². The minimum absolute atomic E-state index is 0.0394. The predicted molar refractivity (Wildman–Crippen MR) is 81.3 cm³/mol. The van der Waals surface area contributed by atoms with Gasteiger partial charge in [0.25, 0.3) is 0 Å². The zero-order valence-corrected chi connectivity index (χ0v) is 11.6. The fourth-order valence-corrected chi connectivity index (χ4v) is 2.16. The van der Waals surface area contributed by atoms with Gasteiger partial charge in [0, 0.05) is 24.5 Å². The zero-order chi connectivity index (χ0) is 13.5. The third-order valence-electron chi connectivity index (χ3n) is 2.95. The number of urea groups is 1. The summed E-state index contributed by atoms with van der Waals surface area (Å²) in [6.07, 6.45) is 8.32. The lowest BCUT2D eigenvalue weighted by Crippen LogP contribution is -2.44. The maximum Gasteiger partial charge on any atom is 0.321 e. The molecule has 100 valence electrons. The van der Waals surface area contributed by atoms with Crippen LogP contribution in [-0.2, 0) is 6.42 Å². The van der Waals surface area contributed by atoms with E-state index >= 15 is 0 Å². The molecular formula is C15H18N2OS. The number of allylic oxidation sites excluding steroid dienone is 2. The molecule has 19 heavy (non-hydrogen) atoms. The number of carbonyl (C=O) groups is 1. The quantitative estimate of drug-likeness (QED) is 0.813. The van der Waals surface area contributed by atoms with Gasteiger partial charge in [0.15, 0.2) is 0 Å². The highest BCUT2D eigenvalue weighted by Gasteiger charge is 2.15. The van der Waals surface area contributed by atoms with Crippen LogP contribution >= 0.6 is 12.6 Å². The number of hydrogen-bond acceptors (Lipinski definition) is 2. The van der Waals surface area contributed by atoms with Gasteiger partial charge in [0.05, 0.1) is 0 Å². The molecule has 1 N–H and O–H groups in total. The first-order valence-corrected chi connectivity index (χ1v) is 6.98. The van der Waals surface area contributed by atoms with Crippen LogP contribution in [0, 0.1) is 0 Å². The van der Waals surface area contributed by atoms with Crippen molar-refractivity contribution in [3.8, 4) is 0 Å². The van der Waals surface area contributed by atoms with E-state index in [2.05, 4.69) is 30.1 Å². The number of rotatable bonds is 4. The normalized spacial score (nSPS) is 15.3. The van der Waals surface area contributed by atoms with Gasteiger partial charge in [0.1, 0.15) is 0 Å². The van der Waals surface area contributed by atoms with E-state index in [0.29, 0.717) is 12.3 Å². The highest BCUT2D eigenvalue weighted by molar-refractivity contribution is 7.80. The molecule has 1 aliphatic heterocycles. The average Bonchev–Trinajstić information content (AvgIpc) is 2.48. The van der Waals surface area contributed by atoms with Crippen molar-refractivity contribution in [1.82, 2.24) is 10.2 Å². The molecule has 0 bridgehead atoms. The molecule has 0 saturated carbocycles. The lowest BCUT2D eigenvalue weighted by atomic mass is 10.1. The van der Waals surface area contributed by atoms with E-state index in [1.807, 2.05) is 36.4 Å². The Labute approximate surface area is 119 Å². The Morgan fingerprint density at radius 3 is 2.74 bits per heavy atom. The van der Waals surface area contributed by atoms with Crippen molar-refractivity contribution in [1.29, 1.82) is 0 Å². The lowest BCUT2D eigenvalue weighted by Gasteiger charge is -2.23. The lowest BCUT2D eigenvalue weighted by molar-refractivity contribution is 0.215. The van der Waals surface area contributed by atoms with E-state index < -0.39 is 0 Å². The Bertz CT molecular complexity index is 470. The highest BCUT2D eigenvalue weighted by atomic mass is 32.1. The molecule has 0 fully saturated rings. The second-order valence-electron chi connectivity index (χ2n) is 4.44. The Morgan fingerprint density at radius 2 is 2.11 bits per heavy atom. The van der Waals surface area contributed by atoms with Crippen molar-refractivity contribution >= 4 is 18.7 Å². The largest absolute Gasteiger partial charge is 0.334 e. The number of nitrogens with zero attached hydrogens (tertiary/aromatic N) is 1. The van der Waals surface area contributed by atoms with Crippen LogP contribution < -0.4 is 5.32 Å². The Hall–Kier alpha value is -1.68. The van der Waals surface area contributed by atoms with Gasteiger partial charge >= 0.3 is 6.03 Å². The standard InChI is InChI=1S/C15H18N2OS/c18-15(17-9-5-2-6-10-17)16-14(12-19)11-13-7-3-1-4-8-13/h1-9,14,19H,10-12H2,(H,16,18). The zero-order valence-electron chi connectivity index (χ0n) is 10.7. The minimum Gasteiger partial charge on any atom is -0.334 e. The predicted octanol–water partition coefficient (Wildman–Crippen LogP) is 2.62. The molecule has 1 aromatic rings. The first-order valence-electron chi connectivity index (χ1n) is 6.35. The second-order valence-corrected chi connectivity index (χ2v) is 4.81. The summed E-state index contributed by atoms with van der Waals surface area (Å²) in [6.45, 7) is 0.618. The molecule has 2 rings (SSSR count). The maximum absolute atomic E-state index is 12.1. The van der Waals surface area contributed by atoms with Crippen molar-refractivity contribution in [2.75, 3.05) is 12.3 Å². The topological polar surface area (TPSA) is 32.3 Å². The number of nitrogens with one attached hydrogen (secondary N) is 1. The van der Waals surface area contributed by atoms with E-state index in [1.165, 1.54) is 5.56 Å². The highest BCUT2D eigenvalue weighted by Crippen LogP contribution is 2.06. The van der Waals surface area contributed by atoms with Crippen molar-refractivity contribution in [2.45, 2.75) is 12.5 Å². The summed E-state index contributed by atoms with van der Waals surface area (Å²) in [4.78, 5) is 13.7. The number of benzene rings is 1. The monoisotopic (exact) mass is 274 g/mol. The molecule has 0 saturated heterocycles. The summed E-state index contributed by atoms with van der Waals surface area (Å²) in [5, 5.41) is 3.01. The Kier molecular flexibility index (Phi) is 5.10. The van der Waals surface area contributed by atoms with E-state index in [9.17, 15) is 4.79 Å². The summed E-state index contributed by atoms with van der Waals surface area (Å²) < 4.78 is 0. The first kappa shape index (κ1) is 13.7. The maximum atomic E-state index is 12.1. The number of thiol groups is 1. The first-order chi connectivity index (χ1) is 9.29. The van der Waals surface area contributed by atoms with Gasteiger partial charge < -0.3 is 5.32 Å². The van der Waals surface area contributed by atoms with Gasteiger partial charge in [-0.15, -0.1) is 0 Å². The van der Waals surface area contributed by atoms with Gasteiger partial charge in [-0.05, 0) is 18.1 Å². The van der Waals surface area contributed by atoms with Crippen LogP contribution in [-0.4, -0.2) is 29.3 Å². The molecular weight excluding hydrogens is 256 g/mol. The third-order valence-corrected chi connectivity index (χ3v) is 3.39. The van der Waals surface area contributed by atoms with E-state index in [4.69, 9.17) is 0 Å². The molecule has 4 heteroatoms.